The second-order valence-corrected chi connectivity index (χ2v) is 8.59. The SMILES string of the molecule is CNS(=O)(=O)c1ccc(CN2CCC3(CC2)OCCC[C@@H]3O)cc1. The maximum Gasteiger partial charge on any atom is 0.240 e. The van der Waals surface area contributed by atoms with Crippen LogP contribution in [0.5, 0.6) is 0 Å². The van der Waals surface area contributed by atoms with Crippen LogP contribution in [0.2, 0.25) is 0 Å². The summed E-state index contributed by atoms with van der Waals surface area (Å²) in [5, 5.41) is 10.3. The lowest BCUT2D eigenvalue weighted by Crippen LogP contribution is -2.55. The summed E-state index contributed by atoms with van der Waals surface area (Å²) in [4.78, 5) is 2.61. The summed E-state index contributed by atoms with van der Waals surface area (Å²) in [6.07, 6.45) is 3.12. The maximum atomic E-state index is 11.7. The van der Waals surface area contributed by atoms with Crippen molar-refractivity contribution in [3.8, 4) is 0 Å². The number of hydrogen-bond acceptors (Lipinski definition) is 5. The van der Waals surface area contributed by atoms with Crippen molar-refractivity contribution in [3.05, 3.63) is 29.8 Å². The Morgan fingerprint density at radius 1 is 1.29 bits per heavy atom. The van der Waals surface area contributed by atoms with Crippen LogP contribution < -0.4 is 4.72 Å². The standard InChI is InChI=1S/C17H26N2O4S/c1-18-24(21,22)15-6-4-14(5-7-15)13-19-10-8-17(9-11-19)16(20)3-2-12-23-17/h4-7,16,18,20H,2-3,8-13H2,1H3/t16-/m0/s1. The highest BCUT2D eigenvalue weighted by Crippen LogP contribution is 2.35. The van der Waals surface area contributed by atoms with Crippen molar-refractivity contribution in [1.82, 2.24) is 9.62 Å². The van der Waals surface area contributed by atoms with Crippen LogP contribution in [0, 0.1) is 0 Å². The molecule has 24 heavy (non-hydrogen) atoms. The smallest absolute Gasteiger partial charge is 0.240 e. The zero-order valence-electron chi connectivity index (χ0n) is 14.1. The molecule has 1 spiro atoms. The van der Waals surface area contributed by atoms with Gasteiger partial charge in [-0.2, -0.15) is 0 Å². The van der Waals surface area contributed by atoms with Crippen LogP contribution in [0.4, 0.5) is 0 Å². The Balaban J connectivity index is 1.58. The molecular weight excluding hydrogens is 328 g/mol. The first-order valence-electron chi connectivity index (χ1n) is 8.52. The largest absolute Gasteiger partial charge is 0.390 e. The number of hydrogen-bond donors (Lipinski definition) is 2. The van der Waals surface area contributed by atoms with E-state index in [1.807, 2.05) is 12.1 Å². The monoisotopic (exact) mass is 354 g/mol. The molecule has 2 N–H and O–H groups in total. The molecule has 0 unspecified atom stereocenters. The van der Waals surface area contributed by atoms with Gasteiger partial charge in [-0.3, -0.25) is 4.90 Å². The Morgan fingerprint density at radius 2 is 1.96 bits per heavy atom. The minimum absolute atomic E-state index is 0.282. The van der Waals surface area contributed by atoms with E-state index in [2.05, 4.69) is 9.62 Å². The molecule has 0 amide bonds. The second kappa shape index (κ2) is 7.09. The first-order valence-corrected chi connectivity index (χ1v) is 10.0. The van der Waals surface area contributed by atoms with E-state index >= 15 is 0 Å². The van der Waals surface area contributed by atoms with Crippen molar-refractivity contribution in [2.75, 3.05) is 26.7 Å². The van der Waals surface area contributed by atoms with E-state index in [1.54, 1.807) is 12.1 Å². The molecule has 6 nitrogen and oxygen atoms in total. The molecule has 2 aliphatic heterocycles. The molecule has 2 heterocycles. The third kappa shape index (κ3) is 3.65. The Labute approximate surface area is 143 Å². The number of nitrogens with one attached hydrogen (secondary N) is 1. The van der Waals surface area contributed by atoms with Crippen LogP contribution in [-0.2, 0) is 21.3 Å². The molecule has 7 heteroatoms. The van der Waals surface area contributed by atoms with Crippen LogP contribution in [0.25, 0.3) is 0 Å². The third-order valence-corrected chi connectivity index (χ3v) is 6.66. The number of ether oxygens (including phenoxy) is 1. The number of rotatable bonds is 4. The minimum Gasteiger partial charge on any atom is -0.390 e. The molecule has 0 bridgehead atoms. The second-order valence-electron chi connectivity index (χ2n) is 6.70. The average Bonchev–Trinajstić information content (AvgIpc) is 2.60. The van der Waals surface area contributed by atoms with E-state index in [0.717, 1.165) is 57.5 Å². The highest BCUT2D eigenvalue weighted by Gasteiger charge is 2.43. The lowest BCUT2D eigenvalue weighted by molar-refractivity contribution is -0.177. The van der Waals surface area contributed by atoms with Crippen molar-refractivity contribution in [2.45, 2.75) is 48.8 Å². The topological polar surface area (TPSA) is 78.9 Å². The summed E-state index contributed by atoms with van der Waals surface area (Å²) in [6, 6.07) is 7.00. The van der Waals surface area contributed by atoms with E-state index < -0.39 is 10.0 Å². The molecule has 1 atom stereocenters. The molecule has 0 aliphatic carbocycles. The molecule has 134 valence electrons. The fraction of sp³-hybridized carbons (Fsp3) is 0.647. The molecule has 2 aliphatic rings. The molecule has 1 aromatic rings. The molecule has 0 radical (unpaired) electrons. The number of aliphatic hydroxyl groups excluding tert-OH is 1. The van der Waals surface area contributed by atoms with Gasteiger partial charge in [0.05, 0.1) is 16.6 Å². The molecular formula is C17H26N2O4S. The van der Waals surface area contributed by atoms with E-state index in [1.165, 1.54) is 7.05 Å². The van der Waals surface area contributed by atoms with Gasteiger partial charge >= 0.3 is 0 Å². The maximum absolute atomic E-state index is 11.7. The molecule has 1 aromatic carbocycles. The average molecular weight is 354 g/mol. The van der Waals surface area contributed by atoms with Gasteiger partial charge in [0.15, 0.2) is 0 Å². The number of likely N-dealkylation sites (tertiary alicyclic amines) is 1. The Hall–Kier alpha value is -0.990. The van der Waals surface area contributed by atoms with Gasteiger partial charge in [-0.1, -0.05) is 12.1 Å². The summed E-state index contributed by atoms with van der Waals surface area (Å²) < 4.78 is 31.7. The lowest BCUT2D eigenvalue weighted by atomic mass is 9.82. The number of benzene rings is 1. The van der Waals surface area contributed by atoms with E-state index in [-0.39, 0.29) is 16.6 Å². The van der Waals surface area contributed by atoms with Crippen LogP contribution >= 0.6 is 0 Å². The molecule has 3 rings (SSSR count). The third-order valence-electron chi connectivity index (χ3n) is 5.23. The van der Waals surface area contributed by atoms with Crippen molar-refractivity contribution in [2.24, 2.45) is 0 Å². The fourth-order valence-corrected chi connectivity index (χ4v) is 4.36. The van der Waals surface area contributed by atoms with E-state index in [0.29, 0.717) is 0 Å². The fourth-order valence-electron chi connectivity index (χ4n) is 3.63. The number of piperidine rings is 1. The Kier molecular flexibility index (Phi) is 5.27. The zero-order chi connectivity index (χ0) is 17.2. The minimum atomic E-state index is -3.38. The number of aliphatic hydroxyl groups is 1. The number of sulfonamides is 1. The summed E-state index contributed by atoms with van der Waals surface area (Å²) in [6.45, 7) is 3.30. The van der Waals surface area contributed by atoms with Gasteiger partial charge in [0.2, 0.25) is 10.0 Å². The van der Waals surface area contributed by atoms with Gasteiger partial charge in [-0.25, -0.2) is 13.1 Å². The highest BCUT2D eigenvalue weighted by atomic mass is 32.2. The van der Waals surface area contributed by atoms with Gasteiger partial charge in [-0.05, 0) is 50.4 Å². The van der Waals surface area contributed by atoms with Gasteiger partial charge in [-0.15, -0.1) is 0 Å². The zero-order valence-corrected chi connectivity index (χ0v) is 14.9. The summed E-state index contributed by atoms with van der Waals surface area (Å²) in [5.41, 5.74) is 0.741. The molecule has 2 saturated heterocycles. The first kappa shape index (κ1) is 17.8. The van der Waals surface area contributed by atoms with Crippen LogP contribution in [-0.4, -0.2) is 56.9 Å². The van der Waals surface area contributed by atoms with Gasteiger partial charge in [0.1, 0.15) is 0 Å². The van der Waals surface area contributed by atoms with Crippen molar-refractivity contribution >= 4 is 10.0 Å². The van der Waals surface area contributed by atoms with Crippen molar-refractivity contribution in [3.63, 3.8) is 0 Å². The highest BCUT2D eigenvalue weighted by molar-refractivity contribution is 7.89. The normalized spacial score (nSPS) is 25.0. The van der Waals surface area contributed by atoms with E-state index in [9.17, 15) is 13.5 Å². The summed E-state index contributed by atoms with van der Waals surface area (Å²) >= 11 is 0. The summed E-state index contributed by atoms with van der Waals surface area (Å²) in [5.74, 6) is 0. The Morgan fingerprint density at radius 3 is 2.54 bits per heavy atom. The van der Waals surface area contributed by atoms with Crippen molar-refractivity contribution < 1.29 is 18.3 Å². The van der Waals surface area contributed by atoms with Gasteiger partial charge in [0, 0.05) is 26.2 Å². The number of nitrogens with zero attached hydrogens (tertiary/aromatic N) is 1. The van der Waals surface area contributed by atoms with Crippen molar-refractivity contribution in [1.29, 1.82) is 0 Å². The lowest BCUT2D eigenvalue weighted by Gasteiger charge is -2.46. The van der Waals surface area contributed by atoms with Gasteiger partial charge in [0.25, 0.3) is 0 Å². The van der Waals surface area contributed by atoms with Crippen LogP contribution in [0.3, 0.4) is 0 Å². The predicted molar refractivity (Wildman–Crippen MR) is 91.1 cm³/mol. The predicted octanol–water partition coefficient (Wildman–Crippen LogP) is 1.10. The molecule has 2 fully saturated rings. The van der Waals surface area contributed by atoms with Gasteiger partial charge < -0.3 is 9.84 Å². The Bertz CT molecular complexity index is 652. The molecule has 0 saturated carbocycles. The van der Waals surface area contributed by atoms with Crippen LogP contribution in [0.1, 0.15) is 31.2 Å². The van der Waals surface area contributed by atoms with E-state index in [4.69, 9.17) is 4.74 Å². The van der Waals surface area contributed by atoms with Crippen LogP contribution in [0.15, 0.2) is 29.2 Å². The quantitative estimate of drug-likeness (QED) is 0.847. The first-order chi connectivity index (χ1) is 11.5. The summed E-state index contributed by atoms with van der Waals surface area (Å²) in [7, 11) is -1.97. The molecule has 0 aromatic heterocycles.